The van der Waals surface area contributed by atoms with E-state index in [4.69, 9.17) is 4.74 Å². The fraction of sp³-hybridized carbons (Fsp3) is 0.182. The molecule has 2 aromatic carbocycles. The first-order valence-corrected chi connectivity index (χ1v) is 9.50. The second kappa shape index (κ2) is 8.18. The quantitative estimate of drug-likeness (QED) is 0.625. The molecule has 0 atom stereocenters. The Balaban J connectivity index is 1.64. The topological polar surface area (TPSA) is 55.4 Å². The van der Waals surface area contributed by atoms with E-state index in [1.54, 1.807) is 0 Å². The average Bonchev–Trinajstić information content (AvgIpc) is 3.09. The molecule has 27 heavy (non-hydrogen) atoms. The Bertz CT molecular complexity index is 953. The highest BCUT2D eigenvalue weighted by atomic mass is 32.1. The van der Waals surface area contributed by atoms with Crippen molar-refractivity contribution < 1.29 is 14.3 Å². The summed E-state index contributed by atoms with van der Waals surface area (Å²) < 4.78 is 5.23. The molecule has 1 amide bonds. The van der Waals surface area contributed by atoms with E-state index in [2.05, 4.69) is 5.32 Å². The van der Waals surface area contributed by atoms with E-state index in [1.165, 1.54) is 11.3 Å². The SMILES string of the molecule is Cc1ccc(-c2ccsc2C(=O)OCC(=O)Nc2cc(C)cc(C)c2)cc1. The Kier molecular flexibility index (Phi) is 5.72. The van der Waals surface area contributed by atoms with Gasteiger partial charge in [0.15, 0.2) is 6.61 Å². The Hall–Kier alpha value is -2.92. The molecule has 0 unspecified atom stereocenters. The van der Waals surface area contributed by atoms with Gasteiger partial charge in [-0.25, -0.2) is 4.79 Å². The number of amides is 1. The van der Waals surface area contributed by atoms with E-state index < -0.39 is 5.97 Å². The molecule has 0 aliphatic carbocycles. The van der Waals surface area contributed by atoms with E-state index in [1.807, 2.05) is 74.7 Å². The molecule has 1 aromatic heterocycles. The minimum Gasteiger partial charge on any atom is -0.451 e. The van der Waals surface area contributed by atoms with Crippen molar-refractivity contribution >= 4 is 28.9 Å². The lowest BCUT2D eigenvalue weighted by Gasteiger charge is -2.09. The van der Waals surface area contributed by atoms with Crippen LogP contribution in [0.15, 0.2) is 53.9 Å². The number of thiophene rings is 1. The van der Waals surface area contributed by atoms with Crippen LogP contribution < -0.4 is 5.32 Å². The van der Waals surface area contributed by atoms with Gasteiger partial charge in [-0.3, -0.25) is 4.79 Å². The molecule has 0 saturated heterocycles. The number of aryl methyl sites for hydroxylation is 3. The van der Waals surface area contributed by atoms with Gasteiger partial charge in [0.1, 0.15) is 4.88 Å². The van der Waals surface area contributed by atoms with Gasteiger partial charge in [0.2, 0.25) is 0 Å². The highest BCUT2D eigenvalue weighted by molar-refractivity contribution is 7.12. The fourth-order valence-corrected chi connectivity index (χ4v) is 3.68. The lowest BCUT2D eigenvalue weighted by molar-refractivity contribution is -0.119. The van der Waals surface area contributed by atoms with Crippen molar-refractivity contribution in [2.75, 3.05) is 11.9 Å². The van der Waals surface area contributed by atoms with E-state index in [0.29, 0.717) is 10.6 Å². The third kappa shape index (κ3) is 4.83. The summed E-state index contributed by atoms with van der Waals surface area (Å²) in [7, 11) is 0. The van der Waals surface area contributed by atoms with Gasteiger partial charge in [0, 0.05) is 11.3 Å². The number of nitrogens with one attached hydrogen (secondary N) is 1. The number of ether oxygens (including phenoxy) is 1. The van der Waals surface area contributed by atoms with Crippen LogP contribution in [0.25, 0.3) is 11.1 Å². The molecule has 0 fully saturated rings. The van der Waals surface area contributed by atoms with Crippen LogP contribution >= 0.6 is 11.3 Å². The Morgan fingerprint density at radius 3 is 2.26 bits per heavy atom. The summed E-state index contributed by atoms with van der Waals surface area (Å²) in [5.41, 5.74) is 5.74. The lowest BCUT2D eigenvalue weighted by atomic mass is 10.1. The van der Waals surface area contributed by atoms with Crippen LogP contribution in [-0.4, -0.2) is 18.5 Å². The Morgan fingerprint density at radius 2 is 1.59 bits per heavy atom. The Labute approximate surface area is 162 Å². The van der Waals surface area contributed by atoms with Crippen molar-refractivity contribution in [1.29, 1.82) is 0 Å². The van der Waals surface area contributed by atoms with E-state index in [9.17, 15) is 9.59 Å². The smallest absolute Gasteiger partial charge is 0.349 e. The second-order valence-corrected chi connectivity index (χ2v) is 7.45. The highest BCUT2D eigenvalue weighted by Crippen LogP contribution is 2.29. The molecule has 3 aromatic rings. The van der Waals surface area contributed by atoms with Crippen molar-refractivity contribution in [3.05, 3.63) is 75.5 Å². The minimum absolute atomic E-state index is 0.322. The predicted molar refractivity (Wildman–Crippen MR) is 109 cm³/mol. The number of anilines is 1. The van der Waals surface area contributed by atoms with E-state index in [-0.39, 0.29) is 12.5 Å². The molecule has 0 aliphatic heterocycles. The molecule has 0 aliphatic rings. The zero-order valence-corrected chi connectivity index (χ0v) is 16.4. The largest absolute Gasteiger partial charge is 0.451 e. The van der Waals surface area contributed by atoms with Gasteiger partial charge in [-0.05, 0) is 61.0 Å². The molecule has 0 saturated carbocycles. The van der Waals surface area contributed by atoms with Crippen molar-refractivity contribution in [1.82, 2.24) is 0 Å². The normalized spacial score (nSPS) is 10.5. The molecule has 0 radical (unpaired) electrons. The minimum atomic E-state index is -0.490. The van der Waals surface area contributed by atoms with Crippen molar-refractivity contribution in [2.45, 2.75) is 20.8 Å². The van der Waals surface area contributed by atoms with Crippen molar-refractivity contribution in [2.24, 2.45) is 0 Å². The standard InChI is InChI=1S/C22H21NO3S/c1-14-4-6-17(7-5-14)19-8-9-27-21(19)22(25)26-13-20(24)23-18-11-15(2)10-16(3)12-18/h4-12H,13H2,1-3H3,(H,23,24). The summed E-state index contributed by atoms with van der Waals surface area (Å²) in [5.74, 6) is -0.849. The molecule has 4 nitrogen and oxygen atoms in total. The summed E-state index contributed by atoms with van der Waals surface area (Å²) >= 11 is 1.31. The molecule has 0 bridgehead atoms. The average molecular weight is 379 g/mol. The third-order valence-corrected chi connectivity index (χ3v) is 4.95. The number of esters is 1. The number of carbonyl (C=O) groups is 2. The highest BCUT2D eigenvalue weighted by Gasteiger charge is 2.17. The number of benzene rings is 2. The van der Waals surface area contributed by atoms with Gasteiger partial charge < -0.3 is 10.1 Å². The number of hydrogen-bond acceptors (Lipinski definition) is 4. The van der Waals surface area contributed by atoms with Gasteiger partial charge in [0.05, 0.1) is 0 Å². The number of hydrogen-bond donors (Lipinski definition) is 1. The zero-order valence-electron chi connectivity index (χ0n) is 15.5. The molecular formula is C22H21NO3S. The van der Waals surface area contributed by atoms with Crippen LogP contribution in [0, 0.1) is 20.8 Å². The van der Waals surface area contributed by atoms with Gasteiger partial charge >= 0.3 is 5.97 Å². The predicted octanol–water partition coefficient (Wildman–Crippen LogP) is 5.14. The maximum atomic E-state index is 12.4. The van der Waals surface area contributed by atoms with E-state index in [0.717, 1.165) is 27.8 Å². The van der Waals surface area contributed by atoms with Gasteiger partial charge in [0.25, 0.3) is 5.91 Å². The van der Waals surface area contributed by atoms with Crippen LogP contribution in [0.1, 0.15) is 26.4 Å². The van der Waals surface area contributed by atoms with Crippen molar-refractivity contribution in [3.8, 4) is 11.1 Å². The first-order chi connectivity index (χ1) is 12.9. The lowest BCUT2D eigenvalue weighted by Crippen LogP contribution is -2.20. The molecule has 0 spiro atoms. The maximum absolute atomic E-state index is 12.4. The van der Waals surface area contributed by atoms with Crippen LogP contribution in [0.2, 0.25) is 0 Å². The Morgan fingerprint density at radius 1 is 0.926 bits per heavy atom. The third-order valence-electron chi connectivity index (χ3n) is 4.05. The van der Waals surface area contributed by atoms with Gasteiger partial charge in [-0.2, -0.15) is 0 Å². The first-order valence-electron chi connectivity index (χ1n) is 8.62. The summed E-state index contributed by atoms with van der Waals surface area (Å²) in [6, 6.07) is 15.6. The molecule has 5 heteroatoms. The molecule has 3 rings (SSSR count). The number of rotatable bonds is 5. The van der Waals surface area contributed by atoms with Gasteiger partial charge in [-0.15, -0.1) is 11.3 Å². The monoisotopic (exact) mass is 379 g/mol. The van der Waals surface area contributed by atoms with Crippen LogP contribution in [0.5, 0.6) is 0 Å². The molecule has 1 heterocycles. The van der Waals surface area contributed by atoms with Crippen molar-refractivity contribution in [3.63, 3.8) is 0 Å². The maximum Gasteiger partial charge on any atom is 0.349 e. The fourth-order valence-electron chi connectivity index (χ4n) is 2.87. The number of carbonyl (C=O) groups excluding carboxylic acids is 2. The van der Waals surface area contributed by atoms with Crippen LogP contribution in [-0.2, 0) is 9.53 Å². The molecule has 138 valence electrons. The summed E-state index contributed by atoms with van der Waals surface area (Å²) in [4.78, 5) is 25.1. The first kappa shape index (κ1) is 18.9. The summed E-state index contributed by atoms with van der Waals surface area (Å²) in [5, 5.41) is 4.61. The molecular weight excluding hydrogens is 358 g/mol. The van der Waals surface area contributed by atoms with Crippen LogP contribution in [0.3, 0.4) is 0 Å². The summed E-state index contributed by atoms with van der Waals surface area (Å²) in [6.07, 6.45) is 0. The van der Waals surface area contributed by atoms with E-state index >= 15 is 0 Å². The second-order valence-electron chi connectivity index (χ2n) is 6.53. The molecule has 1 N–H and O–H groups in total. The van der Waals surface area contributed by atoms with Crippen LogP contribution in [0.4, 0.5) is 5.69 Å². The summed E-state index contributed by atoms with van der Waals surface area (Å²) in [6.45, 7) is 5.62. The van der Waals surface area contributed by atoms with Gasteiger partial charge in [-0.1, -0.05) is 35.9 Å². The zero-order chi connectivity index (χ0) is 19.4.